The average molecular weight is 302 g/mol. The predicted molar refractivity (Wildman–Crippen MR) is 75.9 cm³/mol. The molecule has 1 fully saturated rings. The molecule has 1 amide bonds. The van der Waals surface area contributed by atoms with E-state index in [2.05, 4.69) is 10.0 Å². The van der Waals surface area contributed by atoms with Crippen molar-refractivity contribution < 1.29 is 18.3 Å². The van der Waals surface area contributed by atoms with Crippen molar-refractivity contribution in [1.29, 1.82) is 0 Å². The normalized spacial score (nSPS) is 19.9. The van der Waals surface area contributed by atoms with Crippen LogP contribution < -0.4 is 14.8 Å². The first-order chi connectivity index (χ1) is 9.08. The van der Waals surface area contributed by atoms with Gasteiger partial charge in [-0.1, -0.05) is 17.8 Å². The molecule has 0 aliphatic carbocycles. The topological polar surface area (TPSA) is 87.7 Å². The minimum absolute atomic E-state index is 0.00618. The van der Waals surface area contributed by atoms with E-state index in [1.54, 1.807) is 12.1 Å². The van der Waals surface area contributed by atoms with Crippen molar-refractivity contribution in [2.45, 2.75) is 12.5 Å². The van der Waals surface area contributed by atoms with Gasteiger partial charge in [-0.25, -0.2) is 4.21 Å². The third-order valence-corrected chi connectivity index (χ3v) is 4.02. The number of amides is 1. The van der Waals surface area contributed by atoms with Gasteiger partial charge in [0.15, 0.2) is 0 Å². The number of benzene rings is 1. The average Bonchev–Trinajstić information content (AvgIpc) is 2.74. The van der Waals surface area contributed by atoms with E-state index in [-0.39, 0.29) is 11.3 Å². The smallest absolute Gasteiger partial charge is 0.279 e. The Morgan fingerprint density at radius 2 is 2.42 bits per heavy atom. The van der Waals surface area contributed by atoms with Crippen LogP contribution in [0.4, 0.5) is 10.5 Å². The van der Waals surface area contributed by atoms with Gasteiger partial charge in [-0.15, -0.1) is 0 Å². The lowest BCUT2D eigenvalue weighted by Crippen LogP contribution is -2.28. The summed E-state index contributed by atoms with van der Waals surface area (Å²) in [6.07, 6.45) is 0.676. The van der Waals surface area contributed by atoms with Crippen molar-refractivity contribution in [1.82, 2.24) is 5.32 Å². The second kappa shape index (κ2) is 6.27. The summed E-state index contributed by atoms with van der Waals surface area (Å²) in [6, 6.07) is 5.45. The summed E-state index contributed by atoms with van der Waals surface area (Å²) in [7, 11) is 1.49. The summed E-state index contributed by atoms with van der Waals surface area (Å²) < 4.78 is 27.2. The van der Waals surface area contributed by atoms with Gasteiger partial charge in [-0.2, -0.15) is 0 Å². The van der Waals surface area contributed by atoms with Crippen LogP contribution in [0.3, 0.4) is 0 Å². The number of methoxy groups -OCH3 is 1. The molecule has 0 spiro atoms. The van der Waals surface area contributed by atoms with Crippen LogP contribution in [0.5, 0.6) is 5.75 Å². The second-order valence-electron chi connectivity index (χ2n) is 4.03. The monoisotopic (exact) mass is 302 g/mol. The van der Waals surface area contributed by atoms with Crippen LogP contribution in [0.1, 0.15) is 5.56 Å². The number of hydrogen-bond acceptors (Lipinski definition) is 4. The van der Waals surface area contributed by atoms with Gasteiger partial charge in [0.2, 0.25) is 0 Å². The molecule has 1 heterocycles. The Kier molecular flexibility index (Phi) is 4.67. The van der Waals surface area contributed by atoms with Crippen LogP contribution >= 0.6 is 11.8 Å². The van der Waals surface area contributed by atoms with Crippen molar-refractivity contribution in [3.8, 4) is 5.75 Å². The van der Waals surface area contributed by atoms with E-state index in [1.807, 2.05) is 6.07 Å². The molecule has 19 heavy (non-hydrogen) atoms. The van der Waals surface area contributed by atoms with Crippen LogP contribution in [0.2, 0.25) is 0 Å². The van der Waals surface area contributed by atoms with Crippen LogP contribution in [0.15, 0.2) is 18.2 Å². The zero-order chi connectivity index (χ0) is 13.8. The van der Waals surface area contributed by atoms with Gasteiger partial charge in [0, 0.05) is 11.8 Å². The lowest BCUT2D eigenvalue weighted by Gasteiger charge is -2.13. The number of nitrogens with one attached hydrogen (secondary N) is 2. The lowest BCUT2D eigenvalue weighted by molar-refractivity contribution is 0.260. The van der Waals surface area contributed by atoms with E-state index in [0.717, 1.165) is 11.3 Å². The molecule has 1 aromatic carbocycles. The van der Waals surface area contributed by atoms with Gasteiger partial charge in [0.05, 0.1) is 12.8 Å². The number of carbonyl (C=O) groups is 1. The number of thioether (sulfide) groups is 1. The number of carbonyl (C=O) groups excluding carboxylic acids is 1. The summed E-state index contributed by atoms with van der Waals surface area (Å²) in [4.78, 5) is 11.1. The van der Waals surface area contributed by atoms with E-state index in [9.17, 15) is 9.00 Å². The highest BCUT2D eigenvalue weighted by atomic mass is 32.2. The highest BCUT2D eigenvalue weighted by Gasteiger charge is 2.22. The third kappa shape index (κ3) is 3.85. The molecule has 0 bridgehead atoms. The Balaban J connectivity index is 2.12. The van der Waals surface area contributed by atoms with Crippen LogP contribution in [-0.2, 0) is 17.7 Å². The summed E-state index contributed by atoms with van der Waals surface area (Å²) >= 11 is -0.882. The van der Waals surface area contributed by atoms with Gasteiger partial charge < -0.3 is 10.1 Å². The van der Waals surface area contributed by atoms with Crippen molar-refractivity contribution >= 4 is 34.0 Å². The second-order valence-corrected chi connectivity index (χ2v) is 5.72. The largest absolute Gasteiger partial charge is 0.495 e. The van der Waals surface area contributed by atoms with Crippen molar-refractivity contribution in [3.05, 3.63) is 23.8 Å². The molecule has 1 aromatic rings. The fourth-order valence-corrected chi connectivity index (χ4v) is 3.03. The first kappa shape index (κ1) is 14.2. The molecule has 2 atom stereocenters. The zero-order valence-electron chi connectivity index (χ0n) is 10.2. The van der Waals surface area contributed by atoms with Gasteiger partial charge in [-0.3, -0.25) is 14.1 Å². The van der Waals surface area contributed by atoms with E-state index in [4.69, 9.17) is 9.29 Å². The molecule has 0 aromatic heterocycles. The minimum atomic E-state index is -2.15. The van der Waals surface area contributed by atoms with E-state index in [0.29, 0.717) is 17.9 Å². The first-order valence-corrected chi connectivity index (χ1v) is 7.65. The molecule has 1 unspecified atom stereocenters. The molecule has 2 rings (SSSR count). The minimum Gasteiger partial charge on any atom is -0.495 e. The summed E-state index contributed by atoms with van der Waals surface area (Å²) in [6.45, 7) is 0. The Bertz CT molecular complexity index is 509. The molecule has 1 saturated heterocycles. The number of anilines is 1. The Morgan fingerprint density at radius 3 is 3.00 bits per heavy atom. The standard InChI is InChI=1S/C11H14N2O4S2/c1-17-10-3-2-7(5-9(10)13-19(15)16)4-8-6-18-11(14)12-8/h2-3,5,8,13H,4,6H2,1H3,(H,12,14)(H,15,16)/t8-/m0/s1. The number of hydrogen-bond donors (Lipinski definition) is 3. The first-order valence-electron chi connectivity index (χ1n) is 5.56. The maximum Gasteiger partial charge on any atom is 0.279 e. The predicted octanol–water partition coefficient (Wildman–Crippen LogP) is 1.61. The van der Waals surface area contributed by atoms with Gasteiger partial charge in [-0.05, 0) is 24.1 Å². The highest BCUT2D eigenvalue weighted by molar-refractivity contribution is 8.13. The third-order valence-electron chi connectivity index (χ3n) is 2.68. The number of rotatable bonds is 5. The van der Waals surface area contributed by atoms with Gasteiger partial charge in [0.25, 0.3) is 16.5 Å². The summed E-state index contributed by atoms with van der Waals surface area (Å²) in [5.74, 6) is 1.23. The fraction of sp³-hybridized carbons (Fsp3) is 0.364. The maximum atomic E-state index is 11.1. The fourth-order valence-electron chi connectivity index (χ4n) is 1.88. The summed E-state index contributed by atoms with van der Waals surface area (Å²) in [5, 5.41) is 2.85. The van der Waals surface area contributed by atoms with Crippen molar-refractivity contribution in [2.24, 2.45) is 0 Å². The molecule has 1 aliphatic heterocycles. The molecule has 1 aliphatic rings. The summed E-state index contributed by atoms with van der Waals surface area (Å²) in [5.41, 5.74) is 1.42. The maximum absolute atomic E-state index is 11.1. The van der Waals surface area contributed by atoms with E-state index in [1.165, 1.54) is 18.9 Å². The van der Waals surface area contributed by atoms with E-state index >= 15 is 0 Å². The van der Waals surface area contributed by atoms with Crippen LogP contribution in [0.25, 0.3) is 0 Å². The van der Waals surface area contributed by atoms with Crippen LogP contribution in [-0.4, -0.2) is 32.9 Å². The zero-order valence-corrected chi connectivity index (χ0v) is 11.8. The van der Waals surface area contributed by atoms with Crippen LogP contribution in [0, 0.1) is 0 Å². The SMILES string of the molecule is COc1ccc(C[C@H]2CSC(=O)N2)cc1NS(=O)O. The Labute approximate surface area is 117 Å². The van der Waals surface area contributed by atoms with Crippen molar-refractivity contribution in [3.63, 3.8) is 0 Å². The number of ether oxygens (including phenoxy) is 1. The lowest BCUT2D eigenvalue weighted by atomic mass is 10.1. The molecular formula is C11H14N2O4S2. The van der Waals surface area contributed by atoms with Gasteiger partial charge >= 0.3 is 0 Å². The molecule has 3 N–H and O–H groups in total. The molecule has 8 heteroatoms. The quantitative estimate of drug-likeness (QED) is 0.719. The Morgan fingerprint density at radius 1 is 1.63 bits per heavy atom. The Hall–Kier alpha value is -1.25. The molecular weight excluding hydrogens is 288 g/mol. The van der Waals surface area contributed by atoms with Crippen molar-refractivity contribution in [2.75, 3.05) is 17.6 Å². The molecule has 0 saturated carbocycles. The highest BCUT2D eigenvalue weighted by Crippen LogP contribution is 2.27. The molecule has 104 valence electrons. The molecule has 0 radical (unpaired) electrons. The van der Waals surface area contributed by atoms with E-state index < -0.39 is 11.3 Å². The van der Waals surface area contributed by atoms with Gasteiger partial charge in [0.1, 0.15) is 5.75 Å². The molecule has 6 nitrogen and oxygen atoms in total.